The van der Waals surface area contributed by atoms with Crippen molar-refractivity contribution in [2.75, 3.05) is 32.8 Å². The quantitative estimate of drug-likeness (QED) is 0.670. The van der Waals surface area contributed by atoms with Crippen LogP contribution in [0.25, 0.3) is 0 Å². The molecule has 0 saturated carbocycles. The fraction of sp³-hybridized carbons (Fsp3) is 0.464. The van der Waals surface area contributed by atoms with E-state index in [9.17, 15) is 18.8 Å². The minimum Gasteiger partial charge on any atom is -0.376 e. The summed E-state index contributed by atoms with van der Waals surface area (Å²) < 4.78 is 25.8. The van der Waals surface area contributed by atoms with Gasteiger partial charge in [-0.2, -0.15) is 0 Å². The Bertz CT molecular complexity index is 1170. The first kappa shape index (κ1) is 25.4. The number of hydrogen-bond acceptors (Lipinski definition) is 5. The standard InChI is InChI=1S/C28H32FN3O5/c1-19-6-2-3-10-23(19)27(35)31-13-11-28(12-14-31)32(26(34)20-7-4-8-21(29)16-20)24(18-37-28)25(33)30-17-22-9-5-15-36-22/h2-4,6-8,10,16,22,24H,5,9,11-15,17-18H2,1H3,(H,30,33)/t22-,24-/m1/s1. The number of nitrogens with one attached hydrogen (secondary N) is 1. The van der Waals surface area contributed by atoms with Gasteiger partial charge in [0.2, 0.25) is 5.91 Å². The number of halogens is 1. The van der Waals surface area contributed by atoms with Crippen molar-refractivity contribution in [2.24, 2.45) is 0 Å². The van der Waals surface area contributed by atoms with Crippen LogP contribution in [0.4, 0.5) is 4.39 Å². The van der Waals surface area contributed by atoms with E-state index in [-0.39, 0.29) is 30.1 Å². The molecule has 2 atom stereocenters. The molecule has 3 heterocycles. The van der Waals surface area contributed by atoms with Gasteiger partial charge in [0, 0.05) is 50.2 Å². The molecule has 2 aromatic carbocycles. The van der Waals surface area contributed by atoms with Crippen molar-refractivity contribution in [2.45, 2.75) is 50.5 Å². The highest BCUT2D eigenvalue weighted by molar-refractivity contribution is 5.99. The molecule has 0 unspecified atom stereocenters. The molecule has 0 bridgehead atoms. The van der Waals surface area contributed by atoms with E-state index >= 15 is 0 Å². The van der Waals surface area contributed by atoms with Gasteiger partial charge in [-0.25, -0.2) is 4.39 Å². The molecule has 0 aromatic heterocycles. The maximum atomic E-state index is 14.0. The fourth-order valence-corrected chi connectivity index (χ4v) is 5.51. The zero-order chi connectivity index (χ0) is 26.0. The topological polar surface area (TPSA) is 88.2 Å². The summed E-state index contributed by atoms with van der Waals surface area (Å²) in [6, 6.07) is 12.0. The van der Waals surface area contributed by atoms with E-state index in [1.807, 2.05) is 31.2 Å². The molecule has 1 N–H and O–H groups in total. The smallest absolute Gasteiger partial charge is 0.256 e. The van der Waals surface area contributed by atoms with Gasteiger partial charge in [0.15, 0.2) is 0 Å². The maximum absolute atomic E-state index is 14.0. The second-order valence-corrected chi connectivity index (χ2v) is 9.95. The van der Waals surface area contributed by atoms with E-state index in [1.54, 1.807) is 4.90 Å². The third kappa shape index (κ3) is 5.10. The third-order valence-corrected chi connectivity index (χ3v) is 7.59. The molecule has 5 rings (SSSR count). The van der Waals surface area contributed by atoms with E-state index in [1.165, 1.54) is 29.2 Å². The second kappa shape index (κ2) is 10.6. The van der Waals surface area contributed by atoms with Gasteiger partial charge in [-0.15, -0.1) is 0 Å². The van der Waals surface area contributed by atoms with Crippen molar-refractivity contribution < 1.29 is 28.2 Å². The summed E-state index contributed by atoms with van der Waals surface area (Å²) in [4.78, 5) is 43.4. The molecule has 2 aromatic rings. The molecule has 3 amide bonds. The highest BCUT2D eigenvalue weighted by Gasteiger charge is 2.54. The SMILES string of the molecule is Cc1ccccc1C(=O)N1CCC2(CC1)OC[C@H](C(=O)NC[C@H]1CCCO1)N2C(=O)c1cccc(F)c1. The number of amides is 3. The van der Waals surface area contributed by atoms with Gasteiger partial charge in [-0.05, 0) is 49.6 Å². The third-order valence-electron chi connectivity index (χ3n) is 7.59. The minimum absolute atomic E-state index is 0.0319. The lowest BCUT2D eigenvalue weighted by Gasteiger charge is -2.44. The molecule has 8 nitrogen and oxygen atoms in total. The summed E-state index contributed by atoms with van der Waals surface area (Å²) in [6.07, 6.45) is 2.49. The number of hydrogen-bond donors (Lipinski definition) is 1. The Balaban J connectivity index is 1.36. The first-order chi connectivity index (χ1) is 17.9. The average molecular weight is 510 g/mol. The lowest BCUT2D eigenvalue weighted by molar-refractivity contribution is -0.128. The van der Waals surface area contributed by atoms with Gasteiger partial charge in [0.25, 0.3) is 11.8 Å². The Morgan fingerprint density at radius 3 is 2.57 bits per heavy atom. The van der Waals surface area contributed by atoms with Crippen LogP contribution in [0, 0.1) is 12.7 Å². The summed E-state index contributed by atoms with van der Waals surface area (Å²) in [7, 11) is 0. The van der Waals surface area contributed by atoms with Crippen LogP contribution in [0.2, 0.25) is 0 Å². The van der Waals surface area contributed by atoms with Gasteiger partial charge >= 0.3 is 0 Å². The lowest BCUT2D eigenvalue weighted by Crippen LogP contribution is -2.60. The normalized spacial score (nSPS) is 22.9. The Hall–Kier alpha value is -3.30. The summed E-state index contributed by atoms with van der Waals surface area (Å²) >= 11 is 0. The molecule has 0 aliphatic carbocycles. The number of carbonyl (C=O) groups excluding carboxylic acids is 3. The van der Waals surface area contributed by atoms with Gasteiger partial charge in [0.05, 0.1) is 12.7 Å². The second-order valence-electron chi connectivity index (χ2n) is 9.95. The molecule has 3 saturated heterocycles. The molecule has 3 fully saturated rings. The fourth-order valence-electron chi connectivity index (χ4n) is 5.51. The summed E-state index contributed by atoms with van der Waals surface area (Å²) in [5.41, 5.74) is 0.637. The lowest BCUT2D eigenvalue weighted by atomic mass is 9.95. The van der Waals surface area contributed by atoms with E-state index < -0.39 is 23.5 Å². The largest absolute Gasteiger partial charge is 0.376 e. The molecule has 196 valence electrons. The zero-order valence-electron chi connectivity index (χ0n) is 21.0. The van der Waals surface area contributed by atoms with Gasteiger partial charge in [0.1, 0.15) is 17.6 Å². The molecular formula is C28H32FN3O5. The molecule has 1 spiro atoms. The average Bonchev–Trinajstić information content (AvgIpc) is 3.56. The van der Waals surface area contributed by atoms with E-state index in [2.05, 4.69) is 5.32 Å². The van der Waals surface area contributed by atoms with Crippen molar-refractivity contribution >= 4 is 17.7 Å². The first-order valence-corrected chi connectivity index (χ1v) is 12.9. The number of benzene rings is 2. The molecular weight excluding hydrogens is 477 g/mol. The number of piperidine rings is 1. The predicted molar refractivity (Wildman–Crippen MR) is 133 cm³/mol. The van der Waals surface area contributed by atoms with Crippen LogP contribution in [0.1, 0.15) is 52.0 Å². The summed E-state index contributed by atoms with van der Waals surface area (Å²) in [5.74, 6) is -1.39. The Kier molecular flexibility index (Phi) is 7.26. The minimum atomic E-state index is -1.06. The van der Waals surface area contributed by atoms with E-state index in [0.717, 1.165) is 18.4 Å². The van der Waals surface area contributed by atoms with Crippen molar-refractivity contribution in [3.8, 4) is 0 Å². The van der Waals surface area contributed by atoms with Gasteiger partial charge in [-0.3, -0.25) is 19.3 Å². The number of likely N-dealkylation sites (tertiary alicyclic amines) is 1. The maximum Gasteiger partial charge on any atom is 0.256 e. The number of rotatable bonds is 5. The number of aryl methyl sites for hydroxylation is 1. The zero-order valence-corrected chi connectivity index (χ0v) is 21.0. The predicted octanol–water partition coefficient (Wildman–Crippen LogP) is 2.90. The number of carbonyl (C=O) groups is 3. The van der Waals surface area contributed by atoms with E-state index in [0.29, 0.717) is 44.6 Å². The van der Waals surface area contributed by atoms with Crippen LogP contribution in [0.3, 0.4) is 0 Å². The van der Waals surface area contributed by atoms with Gasteiger partial charge < -0.3 is 19.7 Å². The van der Waals surface area contributed by atoms with Crippen molar-refractivity contribution in [3.63, 3.8) is 0 Å². The highest BCUT2D eigenvalue weighted by Crippen LogP contribution is 2.39. The molecule has 37 heavy (non-hydrogen) atoms. The van der Waals surface area contributed by atoms with Crippen LogP contribution in [-0.2, 0) is 14.3 Å². The van der Waals surface area contributed by atoms with Gasteiger partial charge in [-0.1, -0.05) is 24.3 Å². The van der Waals surface area contributed by atoms with Crippen LogP contribution in [0.5, 0.6) is 0 Å². The molecule has 0 radical (unpaired) electrons. The highest BCUT2D eigenvalue weighted by atomic mass is 19.1. The Morgan fingerprint density at radius 1 is 1.08 bits per heavy atom. The Labute approximate surface area is 215 Å². The summed E-state index contributed by atoms with van der Waals surface area (Å²) in [5, 5.41) is 2.91. The van der Waals surface area contributed by atoms with Crippen LogP contribution in [0.15, 0.2) is 48.5 Å². The van der Waals surface area contributed by atoms with Crippen LogP contribution in [-0.4, -0.2) is 78.2 Å². The summed E-state index contributed by atoms with van der Waals surface area (Å²) in [6.45, 7) is 3.71. The monoisotopic (exact) mass is 509 g/mol. The first-order valence-electron chi connectivity index (χ1n) is 12.9. The van der Waals surface area contributed by atoms with E-state index in [4.69, 9.17) is 9.47 Å². The molecule has 3 aliphatic heterocycles. The van der Waals surface area contributed by atoms with Crippen LogP contribution >= 0.6 is 0 Å². The van der Waals surface area contributed by atoms with Crippen LogP contribution < -0.4 is 5.32 Å². The number of nitrogens with zero attached hydrogens (tertiary/aromatic N) is 2. The van der Waals surface area contributed by atoms with Crippen molar-refractivity contribution in [1.29, 1.82) is 0 Å². The Morgan fingerprint density at radius 2 is 1.86 bits per heavy atom. The molecule has 3 aliphatic rings. The number of ether oxygens (including phenoxy) is 2. The molecule has 9 heteroatoms. The van der Waals surface area contributed by atoms with Crippen molar-refractivity contribution in [3.05, 3.63) is 71.0 Å². The van der Waals surface area contributed by atoms with Crippen molar-refractivity contribution in [1.82, 2.24) is 15.1 Å².